The van der Waals surface area contributed by atoms with E-state index in [0.29, 0.717) is 44.1 Å². The molecule has 0 saturated carbocycles. The molecule has 2 heterocycles. The second kappa shape index (κ2) is 15.2. The highest BCUT2D eigenvalue weighted by molar-refractivity contribution is 5.93. The van der Waals surface area contributed by atoms with Gasteiger partial charge in [-0.05, 0) is 89.5 Å². The molecule has 1 aromatic carbocycles. The molecule has 2 amide bonds. The first-order valence-electron chi connectivity index (χ1n) is 16.9. The van der Waals surface area contributed by atoms with E-state index in [2.05, 4.69) is 50.4 Å². The molecular weight excluding hydrogens is 550 g/mol. The first-order valence-corrected chi connectivity index (χ1v) is 16.9. The summed E-state index contributed by atoms with van der Waals surface area (Å²) >= 11 is 0. The Morgan fingerprint density at radius 2 is 1.59 bits per heavy atom. The van der Waals surface area contributed by atoms with E-state index in [4.69, 9.17) is 0 Å². The Morgan fingerprint density at radius 1 is 0.977 bits per heavy atom. The molecule has 3 rings (SSSR count). The maximum absolute atomic E-state index is 14.1. The fraction of sp³-hybridized carbons (Fsp3) is 0.703. The zero-order valence-corrected chi connectivity index (χ0v) is 28.8. The van der Waals surface area contributed by atoms with E-state index in [9.17, 15) is 19.6 Å². The number of nitrogens with zero attached hydrogens (tertiary/aromatic N) is 2. The zero-order valence-electron chi connectivity index (χ0n) is 28.8. The monoisotopic (exact) mass is 609 g/mol. The average Bonchev–Trinajstić information content (AvgIpc) is 3.42. The van der Waals surface area contributed by atoms with Crippen LogP contribution in [0.3, 0.4) is 0 Å². The van der Waals surface area contributed by atoms with E-state index >= 15 is 0 Å². The van der Waals surface area contributed by atoms with E-state index in [0.717, 1.165) is 18.4 Å². The maximum Gasteiger partial charge on any atom is 0.230 e. The number of nitrogens with one attached hydrogen (secondary N) is 1. The summed E-state index contributed by atoms with van der Waals surface area (Å²) in [6.07, 6.45) is 8.67. The van der Waals surface area contributed by atoms with Crippen molar-refractivity contribution in [3.05, 3.63) is 48.0 Å². The minimum Gasteiger partial charge on any atom is -0.353 e. The number of benzene rings is 1. The number of ketones is 1. The van der Waals surface area contributed by atoms with Crippen molar-refractivity contribution in [2.24, 2.45) is 29.6 Å². The fourth-order valence-corrected chi connectivity index (χ4v) is 7.49. The fourth-order valence-electron chi connectivity index (χ4n) is 7.49. The number of rotatable bonds is 13. The summed E-state index contributed by atoms with van der Waals surface area (Å²) in [5, 5.41) is 15.3. The molecule has 1 aromatic rings. The lowest BCUT2D eigenvalue weighted by Gasteiger charge is -2.51. The van der Waals surface area contributed by atoms with Crippen LogP contribution < -0.4 is 5.32 Å². The van der Waals surface area contributed by atoms with Gasteiger partial charge in [0.05, 0.1) is 12.0 Å². The predicted octanol–water partition coefficient (Wildman–Crippen LogP) is 6.83. The second-order valence-electron chi connectivity index (χ2n) is 15.5. The molecule has 0 radical (unpaired) electrons. The number of piperidine rings is 1. The molecule has 2 aliphatic heterocycles. The van der Waals surface area contributed by atoms with Gasteiger partial charge in [0.25, 0.3) is 0 Å². The van der Waals surface area contributed by atoms with Crippen molar-refractivity contribution < 1.29 is 19.6 Å². The summed E-state index contributed by atoms with van der Waals surface area (Å²) in [6, 6.07) is 9.49. The van der Waals surface area contributed by atoms with Crippen LogP contribution in [0.25, 0.3) is 0 Å². The molecule has 2 fully saturated rings. The predicted molar refractivity (Wildman–Crippen MR) is 177 cm³/mol. The number of carbonyl (C=O) groups is 3. The van der Waals surface area contributed by atoms with Gasteiger partial charge in [0.15, 0.2) is 5.78 Å². The van der Waals surface area contributed by atoms with Gasteiger partial charge in [-0.2, -0.15) is 5.06 Å². The Bertz CT molecular complexity index is 1120. The third-order valence-corrected chi connectivity index (χ3v) is 9.59. The van der Waals surface area contributed by atoms with Crippen LogP contribution in [0.2, 0.25) is 0 Å². The SMILES string of the molecule is CC(C)C[C@H](C)/C=C/[C@H](Cc1ccccc1)C(=O)N1CCC[C@H]1C(=O)C[C@H](C(=O)NC1CC(C)(C)N(O)C(C)(C)C1)C(C)C. The van der Waals surface area contributed by atoms with E-state index < -0.39 is 23.0 Å². The molecule has 2 N–H and O–H groups in total. The van der Waals surface area contributed by atoms with Crippen LogP contribution in [0, 0.1) is 29.6 Å². The molecule has 7 heteroatoms. The van der Waals surface area contributed by atoms with Crippen molar-refractivity contribution in [2.45, 2.75) is 130 Å². The second-order valence-corrected chi connectivity index (χ2v) is 15.5. The molecule has 0 bridgehead atoms. The molecule has 0 aromatic heterocycles. The van der Waals surface area contributed by atoms with Crippen LogP contribution in [0.4, 0.5) is 0 Å². The molecule has 7 nitrogen and oxygen atoms in total. The number of hydroxylamine groups is 2. The Hall–Kier alpha value is -2.51. The molecule has 0 unspecified atom stereocenters. The van der Waals surface area contributed by atoms with Crippen LogP contribution in [-0.4, -0.2) is 62.5 Å². The minimum absolute atomic E-state index is 0.00322. The lowest BCUT2D eigenvalue weighted by Crippen LogP contribution is -2.63. The van der Waals surface area contributed by atoms with Gasteiger partial charge in [-0.1, -0.05) is 77.1 Å². The highest BCUT2D eigenvalue weighted by Crippen LogP contribution is 2.37. The number of hydrogen-bond acceptors (Lipinski definition) is 5. The number of amides is 2. The van der Waals surface area contributed by atoms with Crippen LogP contribution in [0.1, 0.15) is 106 Å². The van der Waals surface area contributed by atoms with Crippen molar-refractivity contribution in [1.82, 2.24) is 15.3 Å². The van der Waals surface area contributed by atoms with Crippen molar-refractivity contribution in [2.75, 3.05) is 6.54 Å². The molecule has 0 spiro atoms. The van der Waals surface area contributed by atoms with Crippen LogP contribution >= 0.6 is 0 Å². The summed E-state index contributed by atoms with van der Waals surface area (Å²) in [4.78, 5) is 43.4. The first kappa shape index (κ1) is 36.0. The number of allylic oxidation sites excluding steroid dienone is 1. The normalized spacial score (nSPS) is 22.8. The topological polar surface area (TPSA) is 90.0 Å². The van der Waals surface area contributed by atoms with Gasteiger partial charge in [-0.25, -0.2) is 0 Å². The van der Waals surface area contributed by atoms with E-state index in [1.807, 2.05) is 59.7 Å². The molecule has 2 aliphatic rings. The summed E-state index contributed by atoms with van der Waals surface area (Å²) < 4.78 is 0. The molecular formula is C37H59N3O4. The van der Waals surface area contributed by atoms with E-state index in [1.165, 1.54) is 5.06 Å². The Kier molecular flexibility index (Phi) is 12.4. The molecule has 4 atom stereocenters. The number of likely N-dealkylation sites (tertiary alicyclic amines) is 1. The van der Waals surface area contributed by atoms with Crippen molar-refractivity contribution in [3.63, 3.8) is 0 Å². The maximum atomic E-state index is 14.1. The smallest absolute Gasteiger partial charge is 0.230 e. The highest BCUT2D eigenvalue weighted by Gasteiger charge is 2.46. The summed E-state index contributed by atoms with van der Waals surface area (Å²) in [5.41, 5.74) is 0.138. The quantitative estimate of drug-likeness (QED) is 0.239. The van der Waals surface area contributed by atoms with Gasteiger partial charge in [0.2, 0.25) is 11.8 Å². The number of Topliss-reactive ketones (excluding diaryl/α,β-unsaturated/α-hetero) is 1. The van der Waals surface area contributed by atoms with Gasteiger partial charge in [-0.3, -0.25) is 14.4 Å². The zero-order chi connectivity index (χ0) is 32.8. The Morgan fingerprint density at radius 3 is 2.16 bits per heavy atom. The molecule has 0 aliphatic carbocycles. The number of carbonyl (C=O) groups excluding carboxylic acids is 3. The third kappa shape index (κ3) is 9.50. The van der Waals surface area contributed by atoms with Gasteiger partial charge in [0.1, 0.15) is 0 Å². The summed E-state index contributed by atoms with van der Waals surface area (Å²) in [5.74, 6) is -0.0391. The third-order valence-electron chi connectivity index (χ3n) is 9.59. The Labute approximate surface area is 266 Å². The minimum atomic E-state index is -0.494. The number of hydrogen-bond donors (Lipinski definition) is 2. The van der Waals surface area contributed by atoms with Crippen molar-refractivity contribution >= 4 is 17.6 Å². The van der Waals surface area contributed by atoms with Crippen molar-refractivity contribution in [3.8, 4) is 0 Å². The highest BCUT2D eigenvalue weighted by atomic mass is 16.5. The first-order chi connectivity index (χ1) is 20.5. The van der Waals surface area contributed by atoms with Gasteiger partial charge < -0.3 is 15.4 Å². The van der Waals surface area contributed by atoms with Crippen LogP contribution in [-0.2, 0) is 20.8 Å². The van der Waals surface area contributed by atoms with Gasteiger partial charge >= 0.3 is 0 Å². The van der Waals surface area contributed by atoms with Gasteiger partial charge in [0, 0.05) is 36.0 Å². The van der Waals surface area contributed by atoms with Crippen LogP contribution in [0.5, 0.6) is 0 Å². The van der Waals surface area contributed by atoms with E-state index in [1.54, 1.807) is 4.90 Å². The average molecular weight is 610 g/mol. The summed E-state index contributed by atoms with van der Waals surface area (Å²) in [6.45, 7) is 19.1. The van der Waals surface area contributed by atoms with Gasteiger partial charge in [-0.15, -0.1) is 0 Å². The standard InChI is InChI=1S/C37H59N3O4/c1-25(2)20-27(5)17-18-29(21-28-14-11-10-12-15-28)35(43)39-19-13-16-32(39)33(41)22-31(26(3)4)34(42)38-30-23-36(6,7)40(44)37(8,9)24-30/h10-12,14-15,17-18,25-27,29-32,44H,13,16,19-24H2,1-9H3,(H,38,42)/b18-17+/t27-,29-,31+,32+/m1/s1. The lowest BCUT2D eigenvalue weighted by molar-refractivity contribution is -0.246. The molecule has 44 heavy (non-hydrogen) atoms. The van der Waals surface area contributed by atoms with Crippen molar-refractivity contribution in [1.29, 1.82) is 0 Å². The Balaban J connectivity index is 1.73. The largest absolute Gasteiger partial charge is 0.353 e. The van der Waals surface area contributed by atoms with Crippen LogP contribution in [0.15, 0.2) is 42.5 Å². The summed E-state index contributed by atoms with van der Waals surface area (Å²) in [7, 11) is 0. The molecule has 246 valence electrons. The molecule has 2 saturated heterocycles. The lowest BCUT2D eigenvalue weighted by atomic mass is 9.78. The van der Waals surface area contributed by atoms with E-state index in [-0.39, 0.29) is 41.9 Å².